The number of anilines is 1. The van der Waals surface area contributed by atoms with Crippen LogP contribution in [0.3, 0.4) is 0 Å². The van der Waals surface area contributed by atoms with Crippen LogP contribution in [0.1, 0.15) is 43.7 Å². The van der Waals surface area contributed by atoms with E-state index in [1.807, 2.05) is 0 Å². The van der Waals surface area contributed by atoms with Crippen LogP contribution in [0.2, 0.25) is 5.02 Å². The van der Waals surface area contributed by atoms with Crippen molar-refractivity contribution in [2.45, 2.75) is 57.4 Å². The lowest BCUT2D eigenvalue weighted by Crippen LogP contribution is -2.52. The van der Waals surface area contributed by atoms with Crippen LogP contribution in [0.4, 0.5) is 18.9 Å². The molecular weight excluding hydrogens is 531 g/mol. The normalized spacial score (nSPS) is 15.3. The lowest BCUT2D eigenvalue weighted by atomic mass is 10.1. The molecule has 1 saturated carbocycles. The first-order valence-corrected chi connectivity index (χ1v) is 14.0. The van der Waals surface area contributed by atoms with Crippen LogP contribution in [0.5, 0.6) is 0 Å². The highest BCUT2D eigenvalue weighted by atomic mass is 35.5. The van der Waals surface area contributed by atoms with Crippen LogP contribution in [-0.2, 0) is 32.3 Å². The Morgan fingerprint density at radius 1 is 1.11 bits per heavy atom. The molecule has 1 aliphatic carbocycles. The van der Waals surface area contributed by atoms with Crippen molar-refractivity contribution in [1.82, 2.24) is 10.2 Å². The summed E-state index contributed by atoms with van der Waals surface area (Å²) in [6.07, 6.45) is -0.324. The summed E-state index contributed by atoms with van der Waals surface area (Å²) in [5, 5.41) is 2.67. The molecular formula is C25H29ClF3N3O4S. The summed E-state index contributed by atoms with van der Waals surface area (Å²) in [5.74, 6) is -1.16. The third kappa shape index (κ3) is 7.61. The number of rotatable bonds is 9. The Morgan fingerprint density at radius 2 is 1.73 bits per heavy atom. The van der Waals surface area contributed by atoms with Crippen molar-refractivity contribution in [2.75, 3.05) is 17.1 Å². The Balaban J connectivity index is 1.94. The maximum atomic E-state index is 13.5. The minimum Gasteiger partial charge on any atom is -0.352 e. The summed E-state index contributed by atoms with van der Waals surface area (Å²) in [6, 6.07) is 10.1. The standard InChI is InChI=1S/C25H29ClF3N3O4S/c1-17(24(34)30-20-10-6-7-11-20)31(15-18-8-4-3-5-9-18)23(33)16-32(37(2,35)36)22-14-19(25(27,28)29)12-13-21(22)26/h3-5,8-9,12-14,17,20H,6-7,10-11,15-16H2,1-2H3,(H,30,34). The van der Waals surface area contributed by atoms with Gasteiger partial charge in [-0.05, 0) is 43.5 Å². The molecule has 1 fully saturated rings. The average molecular weight is 560 g/mol. The number of halogens is 4. The smallest absolute Gasteiger partial charge is 0.352 e. The first-order valence-electron chi connectivity index (χ1n) is 11.8. The van der Waals surface area contributed by atoms with Gasteiger partial charge in [-0.2, -0.15) is 13.2 Å². The number of benzene rings is 2. The summed E-state index contributed by atoms with van der Waals surface area (Å²) < 4.78 is 65.8. The van der Waals surface area contributed by atoms with Gasteiger partial charge in [0.15, 0.2) is 0 Å². The number of nitrogens with one attached hydrogen (secondary N) is 1. The minimum atomic E-state index is -4.75. The van der Waals surface area contributed by atoms with Crippen molar-refractivity contribution in [3.8, 4) is 0 Å². The lowest BCUT2D eigenvalue weighted by Gasteiger charge is -2.32. The first-order chi connectivity index (χ1) is 17.3. The summed E-state index contributed by atoms with van der Waals surface area (Å²) >= 11 is 6.09. The molecule has 0 radical (unpaired) electrons. The van der Waals surface area contributed by atoms with Crippen molar-refractivity contribution in [3.05, 3.63) is 64.7 Å². The second kappa shape index (κ2) is 11.7. The van der Waals surface area contributed by atoms with Crippen LogP contribution in [-0.4, -0.2) is 50.0 Å². The van der Waals surface area contributed by atoms with Crippen LogP contribution in [0.25, 0.3) is 0 Å². The molecule has 0 aliphatic heterocycles. The highest BCUT2D eigenvalue weighted by molar-refractivity contribution is 7.92. The van der Waals surface area contributed by atoms with Gasteiger partial charge in [0.2, 0.25) is 21.8 Å². The molecule has 0 heterocycles. The average Bonchev–Trinajstić information content (AvgIpc) is 3.33. The summed E-state index contributed by atoms with van der Waals surface area (Å²) in [6.45, 7) is 0.688. The van der Waals surface area contributed by atoms with Crippen LogP contribution in [0, 0.1) is 0 Å². The molecule has 0 bridgehead atoms. The largest absolute Gasteiger partial charge is 0.416 e. The molecule has 37 heavy (non-hydrogen) atoms. The fourth-order valence-electron chi connectivity index (χ4n) is 4.23. The van der Waals surface area contributed by atoms with Gasteiger partial charge in [0.05, 0.1) is 22.5 Å². The zero-order chi connectivity index (χ0) is 27.4. The van der Waals surface area contributed by atoms with E-state index in [-0.39, 0.29) is 23.5 Å². The molecule has 7 nitrogen and oxygen atoms in total. The molecule has 1 atom stereocenters. The molecule has 1 unspecified atom stereocenters. The fourth-order valence-corrected chi connectivity index (χ4v) is 5.35. The zero-order valence-electron chi connectivity index (χ0n) is 20.5. The number of sulfonamides is 1. The van der Waals surface area contributed by atoms with Gasteiger partial charge >= 0.3 is 6.18 Å². The quantitative estimate of drug-likeness (QED) is 0.486. The number of carbonyl (C=O) groups excluding carboxylic acids is 2. The van der Waals surface area contributed by atoms with E-state index in [1.54, 1.807) is 30.3 Å². The molecule has 3 rings (SSSR count). The molecule has 2 aromatic carbocycles. The monoisotopic (exact) mass is 559 g/mol. The van der Waals surface area contributed by atoms with E-state index in [2.05, 4.69) is 5.32 Å². The van der Waals surface area contributed by atoms with Crippen LogP contribution in [0.15, 0.2) is 48.5 Å². The van der Waals surface area contributed by atoms with E-state index in [1.165, 1.54) is 11.8 Å². The highest BCUT2D eigenvalue weighted by Gasteiger charge is 2.35. The Bertz CT molecular complexity index is 1220. The zero-order valence-corrected chi connectivity index (χ0v) is 22.0. The Hall–Kier alpha value is -2.79. The van der Waals surface area contributed by atoms with Gasteiger partial charge in [0.1, 0.15) is 12.6 Å². The van der Waals surface area contributed by atoms with E-state index in [0.29, 0.717) is 15.9 Å². The number of amides is 2. The summed E-state index contributed by atoms with van der Waals surface area (Å²) in [4.78, 5) is 27.8. The SMILES string of the molecule is CC(C(=O)NC1CCCC1)N(Cc1ccccc1)C(=O)CN(c1cc(C(F)(F)F)ccc1Cl)S(C)(=O)=O. The topological polar surface area (TPSA) is 86.8 Å². The molecule has 2 aromatic rings. The van der Waals surface area contributed by atoms with Crippen molar-refractivity contribution < 1.29 is 31.2 Å². The van der Waals surface area contributed by atoms with Gasteiger partial charge in [-0.25, -0.2) is 8.42 Å². The second-order valence-electron chi connectivity index (χ2n) is 9.11. The van der Waals surface area contributed by atoms with Crippen LogP contribution < -0.4 is 9.62 Å². The summed E-state index contributed by atoms with van der Waals surface area (Å²) in [5.41, 5.74) is -0.895. The molecule has 2 amide bonds. The van der Waals surface area contributed by atoms with E-state index < -0.39 is 45.9 Å². The molecule has 202 valence electrons. The number of hydrogen-bond acceptors (Lipinski definition) is 4. The van der Waals surface area contributed by atoms with E-state index >= 15 is 0 Å². The highest BCUT2D eigenvalue weighted by Crippen LogP contribution is 2.36. The molecule has 1 aliphatic rings. The fraction of sp³-hybridized carbons (Fsp3) is 0.440. The lowest BCUT2D eigenvalue weighted by molar-refractivity contribution is -0.139. The van der Waals surface area contributed by atoms with Gasteiger partial charge in [0, 0.05) is 12.6 Å². The van der Waals surface area contributed by atoms with Gasteiger partial charge in [-0.3, -0.25) is 13.9 Å². The first kappa shape index (κ1) is 28.8. The Labute approximate surface area is 219 Å². The van der Waals surface area contributed by atoms with Gasteiger partial charge in [-0.15, -0.1) is 0 Å². The molecule has 1 N–H and O–H groups in total. The van der Waals surface area contributed by atoms with Gasteiger partial charge in [-0.1, -0.05) is 54.8 Å². The third-order valence-electron chi connectivity index (χ3n) is 6.29. The predicted molar refractivity (Wildman–Crippen MR) is 135 cm³/mol. The van der Waals surface area contributed by atoms with Crippen molar-refractivity contribution in [1.29, 1.82) is 0 Å². The Morgan fingerprint density at radius 3 is 2.30 bits per heavy atom. The van der Waals surface area contributed by atoms with E-state index in [9.17, 15) is 31.2 Å². The molecule has 0 aromatic heterocycles. The number of carbonyl (C=O) groups is 2. The Kier molecular flexibility index (Phi) is 9.12. The molecule has 0 spiro atoms. The van der Waals surface area contributed by atoms with Gasteiger partial charge < -0.3 is 10.2 Å². The molecule has 12 heteroatoms. The van der Waals surface area contributed by atoms with Gasteiger partial charge in [0.25, 0.3) is 0 Å². The van der Waals surface area contributed by atoms with Crippen molar-refractivity contribution >= 4 is 39.1 Å². The minimum absolute atomic E-state index is 0.0000558. The van der Waals surface area contributed by atoms with E-state index in [4.69, 9.17) is 11.6 Å². The maximum Gasteiger partial charge on any atom is 0.416 e. The molecule has 0 saturated heterocycles. The maximum absolute atomic E-state index is 13.5. The van der Waals surface area contributed by atoms with Crippen molar-refractivity contribution in [2.24, 2.45) is 0 Å². The van der Waals surface area contributed by atoms with E-state index in [0.717, 1.165) is 44.1 Å². The number of nitrogens with zero attached hydrogens (tertiary/aromatic N) is 2. The number of hydrogen-bond donors (Lipinski definition) is 1. The van der Waals surface area contributed by atoms with Crippen LogP contribution >= 0.6 is 11.6 Å². The van der Waals surface area contributed by atoms with Crippen molar-refractivity contribution in [3.63, 3.8) is 0 Å². The number of alkyl halides is 3. The second-order valence-corrected chi connectivity index (χ2v) is 11.4. The third-order valence-corrected chi connectivity index (χ3v) is 7.73. The summed E-state index contributed by atoms with van der Waals surface area (Å²) in [7, 11) is -4.24. The predicted octanol–water partition coefficient (Wildman–Crippen LogP) is 4.60.